The van der Waals surface area contributed by atoms with E-state index in [4.69, 9.17) is 23.2 Å². The maximum Gasteiger partial charge on any atom is 0.434 e. The Morgan fingerprint density at radius 1 is 1.14 bits per heavy atom. The smallest absolute Gasteiger partial charge is 0.313 e. The lowest BCUT2D eigenvalue weighted by molar-refractivity contribution is -0.143. The molecule has 144 valence electrons. The molecular formula is C18H10Cl2F3N3O2. The Labute approximate surface area is 166 Å². The van der Waals surface area contributed by atoms with Gasteiger partial charge in [-0.2, -0.15) is 18.3 Å². The second-order valence-electron chi connectivity index (χ2n) is 5.43. The van der Waals surface area contributed by atoms with Crippen LogP contribution in [-0.4, -0.2) is 22.0 Å². The van der Waals surface area contributed by atoms with E-state index in [0.717, 1.165) is 12.4 Å². The molecule has 1 aromatic heterocycles. The van der Waals surface area contributed by atoms with Gasteiger partial charge in [-0.3, -0.25) is 0 Å². The first-order chi connectivity index (χ1) is 13.3. The van der Waals surface area contributed by atoms with Crippen LogP contribution >= 0.6 is 23.2 Å². The Hall–Kier alpha value is -2.84. The molecule has 0 spiro atoms. The summed E-state index contributed by atoms with van der Waals surface area (Å²) < 4.78 is 41.2. The molecule has 0 aliphatic carbocycles. The van der Waals surface area contributed by atoms with Crippen LogP contribution in [0.1, 0.15) is 21.6 Å². The van der Waals surface area contributed by atoms with Crippen LogP contribution < -0.4 is 0 Å². The van der Waals surface area contributed by atoms with Crippen molar-refractivity contribution >= 4 is 35.4 Å². The van der Waals surface area contributed by atoms with Crippen molar-refractivity contribution in [1.82, 2.24) is 9.78 Å². The number of alkyl halides is 3. The highest BCUT2D eigenvalue weighted by molar-refractivity contribution is 6.36. The molecule has 3 rings (SSSR count). The number of halogens is 5. The number of rotatable bonds is 4. The SMILES string of the molecule is O=C(ON=Cc1ccc(Cl)cc1Cl)c1cnn(-c2ccccc2)c1C(F)(F)F. The molecule has 0 bridgehead atoms. The van der Waals surface area contributed by atoms with Crippen LogP contribution in [0.2, 0.25) is 10.0 Å². The lowest BCUT2D eigenvalue weighted by atomic mass is 10.2. The lowest BCUT2D eigenvalue weighted by Gasteiger charge is -2.11. The molecule has 5 nitrogen and oxygen atoms in total. The summed E-state index contributed by atoms with van der Waals surface area (Å²) in [5.74, 6) is -1.31. The molecule has 0 saturated carbocycles. The van der Waals surface area contributed by atoms with Gasteiger partial charge in [0.15, 0.2) is 5.69 Å². The maximum absolute atomic E-state index is 13.5. The Bertz CT molecular complexity index is 1030. The molecule has 0 atom stereocenters. The van der Waals surface area contributed by atoms with E-state index in [1.54, 1.807) is 18.2 Å². The molecule has 10 heteroatoms. The van der Waals surface area contributed by atoms with Crippen molar-refractivity contribution in [3.63, 3.8) is 0 Å². The third-order valence-corrected chi connectivity index (χ3v) is 4.11. The van der Waals surface area contributed by atoms with E-state index in [2.05, 4.69) is 15.1 Å². The first-order valence-electron chi connectivity index (χ1n) is 7.68. The third-order valence-electron chi connectivity index (χ3n) is 3.55. The van der Waals surface area contributed by atoms with Crippen molar-refractivity contribution in [1.29, 1.82) is 0 Å². The average molecular weight is 428 g/mol. The minimum absolute atomic E-state index is 0.144. The van der Waals surface area contributed by atoms with Crippen LogP contribution in [0.3, 0.4) is 0 Å². The van der Waals surface area contributed by atoms with Crippen molar-refractivity contribution in [3.8, 4) is 5.69 Å². The fourth-order valence-corrected chi connectivity index (χ4v) is 2.78. The van der Waals surface area contributed by atoms with Gasteiger partial charge in [-0.05, 0) is 24.3 Å². The van der Waals surface area contributed by atoms with Crippen molar-refractivity contribution in [2.24, 2.45) is 5.16 Å². The highest BCUT2D eigenvalue weighted by Gasteiger charge is 2.41. The van der Waals surface area contributed by atoms with Gasteiger partial charge in [0, 0.05) is 10.6 Å². The minimum atomic E-state index is -4.84. The molecule has 0 fully saturated rings. The minimum Gasteiger partial charge on any atom is -0.313 e. The molecule has 3 aromatic rings. The van der Waals surface area contributed by atoms with Crippen molar-refractivity contribution in [2.75, 3.05) is 0 Å². The summed E-state index contributed by atoms with van der Waals surface area (Å²) in [6.07, 6.45) is -2.97. The highest BCUT2D eigenvalue weighted by Crippen LogP contribution is 2.34. The highest BCUT2D eigenvalue weighted by atomic mass is 35.5. The Kier molecular flexibility index (Phi) is 5.71. The summed E-state index contributed by atoms with van der Waals surface area (Å²) >= 11 is 11.7. The summed E-state index contributed by atoms with van der Waals surface area (Å²) in [6, 6.07) is 12.1. The van der Waals surface area contributed by atoms with E-state index in [9.17, 15) is 18.0 Å². The monoisotopic (exact) mass is 427 g/mol. The number of carbonyl (C=O) groups excluding carboxylic acids is 1. The second-order valence-corrected chi connectivity index (χ2v) is 6.27. The number of oxime groups is 1. The number of para-hydroxylation sites is 1. The molecule has 0 unspecified atom stereocenters. The van der Waals surface area contributed by atoms with Crippen LogP contribution in [0.25, 0.3) is 5.69 Å². The molecule has 1 heterocycles. The number of carbonyl (C=O) groups is 1. The van der Waals surface area contributed by atoms with Crippen LogP contribution in [0.4, 0.5) is 13.2 Å². The van der Waals surface area contributed by atoms with Gasteiger partial charge in [-0.1, -0.05) is 52.6 Å². The zero-order valence-corrected chi connectivity index (χ0v) is 15.3. The van der Waals surface area contributed by atoms with Gasteiger partial charge in [0.05, 0.1) is 23.1 Å². The fraction of sp³-hybridized carbons (Fsp3) is 0.0556. The second kappa shape index (κ2) is 8.04. The van der Waals surface area contributed by atoms with Crippen LogP contribution in [-0.2, 0) is 11.0 Å². The predicted molar refractivity (Wildman–Crippen MR) is 98.0 cm³/mol. The molecular weight excluding hydrogens is 418 g/mol. The standard InChI is InChI=1S/C18H10Cl2F3N3O2/c19-12-7-6-11(15(20)8-12)9-25-28-17(27)14-10-24-26(16(14)18(21,22)23)13-4-2-1-3-5-13/h1-10H. The zero-order chi connectivity index (χ0) is 20.3. The summed E-state index contributed by atoms with van der Waals surface area (Å²) in [6.45, 7) is 0. The van der Waals surface area contributed by atoms with Gasteiger partial charge >= 0.3 is 12.1 Å². The van der Waals surface area contributed by atoms with Gasteiger partial charge in [0.2, 0.25) is 0 Å². The van der Waals surface area contributed by atoms with Gasteiger partial charge in [-0.15, -0.1) is 0 Å². The zero-order valence-electron chi connectivity index (χ0n) is 13.8. The van der Waals surface area contributed by atoms with E-state index in [1.165, 1.54) is 30.3 Å². The summed E-state index contributed by atoms with van der Waals surface area (Å²) in [5.41, 5.74) is -1.51. The van der Waals surface area contributed by atoms with E-state index in [0.29, 0.717) is 15.3 Å². The van der Waals surface area contributed by atoms with E-state index in [1.807, 2.05) is 0 Å². The van der Waals surface area contributed by atoms with Gasteiger partial charge in [0.25, 0.3) is 0 Å². The predicted octanol–water partition coefficient (Wildman–Crippen LogP) is 5.39. The van der Waals surface area contributed by atoms with Crippen molar-refractivity contribution in [3.05, 3.63) is 81.6 Å². The molecule has 0 radical (unpaired) electrons. The fourth-order valence-electron chi connectivity index (χ4n) is 2.32. The van der Waals surface area contributed by atoms with E-state index >= 15 is 0 Å². The number of aromatic nitrogens is 2. The molecule has 0 saturated heterocycles. The molecule has 2 aromatic carbocycles. The average Bonchev–Trinajstić information content (AvgIpc) is 3.10. The van der Waals surface area contributed by atoms with Crippen molar-refractivity contribution in [2.45, 2.75) is 6.18 Å². The Balaban J connectivity index is 1.88. The summed E-state index contributed by atoms with van der Waals surface area (Å²) in [4.78, 5) is 16.7. The molecule has 0 aliphatic heterocycles. The van der Waals surface area contributed by atoms with Gasteiger partial charge < -0.3 is 4.84 Å². The number of hydrogen-bond acceptors (Lipinski definition) is 4. The largest absolute Gasteiger partial charge is 0.434 e. The number of hydrogen-bond donors (Lipinski definition) is 0. The first kappa shape index (κ1) is 19.9. The Morgan fingerprint density at radius 2 is 1.86 bits per heavy atom. The number of nitrogens with zero attached hydrogens (tertiary/aromatic N) is 3. The molecule has 0 N–H and O–H groups in total. The summed E-state index contributed by atoms with van der Waals surface area (Å²) in [7, 11) is 0. The quantitative estimate of drug-likeness (QED) is 0.318. The maximum atomic E-state index is 13.5. The van der Waals surface area contributed by atoms with Crippen LogP contribution in [0.15, 0.2) is 59.9 Å². The van der Waals surface area contributed by atoms with Crippen LogP contribution in [0, 0.1) is 0 Å². The van der Waals surface area contributed by atoms with Gasteiger partial charge in [0.1, 0.15) is 5.56 Å². The third kappa shape index (κ3) is 4.35. The number of benzene rings is 2. The van der Waals surface area contributed by atoms with Crippen LogP contribution in [0.5, 0.6) is 0 Å². The molecule has 0 aliphatic rings. The Morgan fingerprint density at radius 3 is 2.50 bits per heavy atom. The molecule has 0 amide bonds. The normalized spacial score (nSPS) is 11.8. The topological polar surface area (TPSA) is 56.5 Å². The van der Waals surface area contributed by atoms with Crippen molar-refractivity contribution < 1.29 is 22.8 Å². The summed E-state index contributed by atoms with van der Waals surface area (Å²) in [5, 5.41) is 7.71. The molecule has 28 heavy (non-hydrogen) atoms. The van der Waals surface area contributed by atoms with E-state index < -0.39 is 23.4 Å². The van der Waals surface area contributed by atoms with Gasteiger partial charge in [-0.25, -0.2) is 9.48 Å². The lowest BCUT2D eigenvalue weighted by Crippen LogP contribution is -2.17. The van der Waals surface area contributed by atoms with E-state index in [-0.39, 0.29) is 10.7 Å². The first-order valence-corrected chi connectivity index (χ1v) is 8.43.